The van der Waals surface area contributed by atoms with Crippen LogP contribution in [0.15, 0.2) is 72.0 Å². The summed E-state index contributed by atoms with van der Waals surface area (Å²) >= 11 is 0. The van der Waals surface area contributed by atoms with Gasteiger partial charge in [0.1, 0.15) is 5.69 Å². The van der Waals surface area contributed by atoms with Gasteiger partial charge in [-0.25, -0.2) is 10.1 Å². The van der Waals surface area contributed by atoms with Crippen molar-refractivity contribution in [2.24, 2.45) is 11.0 Å². The number of carbonyl (C=O) groups is 1. The average molecular weight is 360 g/mol. The molecule has 0 saturated carbocycles. The fourth-order valence-electron chi connectivity index (χ4n) is 2.86. The first-order chi connectivity index (χ1) is 13.1. The zero-order valence-electron chi connectivity index (χ0n) is 15.9. The third-order valence-electron chi connectivity index (χ3n) is 4.36. The van der Waals surface area contributed by atoms with Crippen molar-refractivity contribution in [3.8, 4) is 16.9 Å². The maximum Gasteiger partial charge on any atom is 0.275 e. The van der Waals surface area contributed by atoms with Gasteiger partial charge in [-0.3, -0.25) is 4.79 Å². The van der Waals surface area contributed by atoms with Crippen LogP contribution in [-0.4, -0.2) is 21.4 Å². The minimum atomic E-state index is -0.261. The van der Waals surface area contributed by atoms with Crippen LogP contribution in [0.5, 0.6) is 0 Å². The van der Waals surface area contributed by atoms with Crippen LogP contribution in [0.4, 0.5) is 0 Å². The number of rotatable bonds is 6. The standard InChI is InChI=1S/C22H24N4O/c1-4-20(16(2)3)23-24-22(27)19-15-26(18-13-9-6-10-14-18)25-21(19)17-11-7-5-8-12-17/h5-16H,4H2,1-3H3,(H,24,27)/b23-20-. The van der Waals surface area contributed by atoms with E-state index in [0.717, 1.165) is 23.4 Å². The number of carbonyl (C=O) groups excluding carboxylic acids is 1. The third kappa shape index (κ3) is 4.31. The van der Waals surface area contributed by atoms with E-state index in [1.807, 2.05) is 67.6 Å². The van der Waals surface area contributed by atoms with Crippen LogP contribution in [0.3, 0.4) is 0 Å². The van der Waals surface area contributed by atoms with Crippen molar-refractivity contribution < 1.29 is 4.79 Å². The Labute approximate surface area is 159 Å². The van der Waals surface area contributed by atoms with Crippen LogP contribution in [0, 0.1) is 5.92 Å². The van der Waals surface area contributed by atoms with E-state index in [-0.39, 0.29) is 11.8 Å². The monoisotopic (exact) mass is 360 g/mol. The lowest BCUT2D eigenvalue weighted by Crippen LogP contribution is -2.21. The van der Waals surface area contributed by atoms with E-state index in [4.69, 9.17) is 0 Å². The Balaban J connectivity index is 2.00. The fourth-order valence-corrected chi connectivity index (χ4v) is 2.86. The third-order valence-corrected chi connectivity index (χ3v) is 4.36. The second-order valence-corrected chi connectivity index (χ2v) is 6.59. The van der Waals surface area contributed by atoms with Gasteiger partial charge >= 0.3 is 0 Å². The first-order valence-corrected chi connectivity index (χ1v) is 9.17. The molecular weight excluding hydrogens is 336 g/mol. The maximum atomic E-state index is 12.9. The Morgan fingerprint density at radius 1 is 1.07 bits per heavy atom. The van der Waals surface area contributed by atoms with Crippen LogP contribution in [-0.2, 0) is 0 Å². The Morgan fingerprint density at radius 3 is 2.30 bits per heavy atom. The Kier molecular flexibility index (Phi) is 5.81. The van der Waals surface area contributed by atoms with E-state index in [1.54, 1.807) is 10.9 Å². The second-order valence-electron chi connectivity index (χ2n) is 6.59. The largest absolute Gasteiger partial charge is 0.275 e. The van der Waals surface area contributed by atoms with Crippen LogP contribution in [0.2, 0.25) is 0 Å². The summed E-state index contributed by atoms with van der Waals surface area (Å²) in [5, 5.41) is 8.98. The fraction of sp³-hybridized carbons (Fsp3) is 0.227. The summed E-state index contributed by atoms with van der Waals surface area (Å²) in [4.78, 5) is 12.9. The van der Waals surface area contributed by atoms with Gasteiger partial charge in [0.2, 0.25) is 0 Å². The zero-order valence-corrected chi connectivity index (χ0v) is 15.9. The molecule has 3 rings (SSSR count). The van der Waals surface area contributed by atoms with Gasteiger partial charge < -0.3 is 0 Å². The number of nitrogens with one attached hydrogen (secondary N) is 1. The van der Waals surface area contributed by atoms with Gasteiger partial charge in [0.15, 0.2) is 0 Å². The van der Waals surface area contributed by atoms with Crippen molar-refractivity contribution in [1.82, 2.24) is 15.2 Å². The molecule has 0 spiro atoms. The van der Waals surface area contributed by atoms with Gasteiger partial charge in [0.25, 0.3) is 5.91 Å². The molecular formula is C22H24N4O. The molecule has 0 aliphatic heterocycles. The minimum Gasteiger partial charge on any atom is -0.267 e. The molecule has 0 radical (unpaired) electrons. The summed E-state index contributed by atoms with van der Waals surface area (Å²) in [5.41, 5.74) is 6.57. The summed E-state index contributed by atoms with van der Waals surface area (Å²) in [6, 6.07) is 19.5. The average Bonchev–Trinajstić information content (AvgIpc) is 3.15. The topological polar surface area (TPSA) is 59.3 Å². The predicted octanol–water partition coefficient (Wildman–Crippen LogP) is 4.69. The summed E-state index contributed by atoms with van der Waals surface area (Å²) in [6.07, 6.45) is 2.55. The van der Waals surface area contributed by atoms with E-state index < -0.39 is 0 Å². The van der Waals surface area contributed by atoms with Crippen molar-refractivity contribution in [3.05, 3.63) is 72.4 Å². The molecule has 5 heteroatoms. The first kappa shape index (κ1) is 18.6. The quantitative estimate of drug-likeness (QED) is 0.512. The lowest BCUT2D eigenvalue weighted by Gasteiger charge is -2.07. The van der Waals surface area contributed by atoms with E-state index in [0.29, 0.717) is 11.3 Å². The van der Waals surface area contributed by atoms with E-state index in [2.05, 4.69) is 29.5 Å². The minimum absolute atomic E-state index is 0.261. The molecule has 0 unspecified atom stereocenters. The maximum absolute atomic E-state index is 12.9. The van der Waals surface area contributed by atoms with E-state index >= 15 is 0 Å². The molecule has 0 atom stereocenters. The van der Waals surface area contributed by atoms with Crippen molar-refractivity contribution in [2.45, 2.75) is 27.2 Å². The smallest absolute Gasteiger partial charge is 0.267 e. The van der Waals surface area contributed by atoms with Crippen molar-refractivity contribution in [2.75, 3.05) is 0 Å². The molecule has 1 N–H and O–H groups in total. The highest BCUT2D eigenvalue weighted by atomic mass is 16.2. The molecule has 1 heterocycles. The Bertz CT molecular complexity index is 927. The molecule has 0 fully saturated rings. The number of para-hydroxylation sites is 1. The molecule has 2 aromatic carbocycles. The molecule has 0 bridgehead atoms. The van der Waals surface area contributed by atoms with Crippen molar-refractivity contribution in [3.63, 3.8) is 0 Å². The van der Waals surface area contributed by atoms with Gasteiger partial charge in [-0.15, -0.1) is 0 Å². The number of hydrogen-bond donors (Lipinski definition) is 1. The molecule has 0 aliphatic rings. The van der Waals surface area contributed by atoms with Crippen molar-refractivity contribution >= 4 is 11.6 Å². The highest BCUT2D eigenvalue weighted by molar-refractivity contribution is 6.00. The molecule has 1 aromatic heterocycles. The highest BCUT2D eigenvalue weighted by Gasteiger charge is 2.18. The van der Waals surface area contributed by atoms with Crippen LogP contribution in [0.25, 0.3) is 16.9 Å². The predicted molar refractivity (Wildman–Crippen MR) is 109 cm³/mol. The normalized spacial score (nSPS) is 11.6. The summed E-state index contributed by atoms with van der Waals surface area (Å²) < 4.78 is 1.73. The summed E-state index contributed by atoms with van der Waals surface area (Å²) in [6.45, 7) is 6.17. The van der Waals surface area contributed by atoms with Gasteiger partial charge in [0, 0.05) is 17.5 Å². The van der Waals surface area contributed by atoms with Crippen molar-refractivity contribution in [1.29, 1.82) is 0 Å². The number of benzene rings is 2. The molecule has 1 amide bonds. The SMILES string of the molecule is CC/C(=N/NC(=O)c1cn(-c2ccccc2)nc1-c1ccccc1)C(C)C. The number of nitrogens with zero attached hydrogens (tertiary/aromatic N) is 3. The zero-order chi connectivity index (χ0) is 19.2. The number of hydrogen-bond acceptors (Lipinski definition) is 3. The lowest BCUT2D eigenvalue weighted by atomic mass is 10.1. The first-order valence-electron chi connectivity index (χ1n) is 9.17. The van der Waals surface area contributed by atoms with Crippen LogP contribution in [0.1, 0.15) is 37.6 Å². The lowest BCUT2D eigenvalue weighted by molar-refractivity contribution is 0.0955. The van der Waals surface area contributed by atoms with Crippen LogP contribution < -0.4 is 5.43 Å². The Hall–Kier alpha value is -3.21. The molecule has 0 aliphatic carbocycles. The number of amides is 1. The molecule has 138 valence electrons. The van der Waals surface area contributed by atoms with E-state index in [1.165, 1.54) is 0 Å². The van der Waals surface area contributed by atoms with Gasteiger partial charge in [-0.2, -0.15) is 10.2 Å². The van der Waals surface area contributed by atoms with E-state index in [9.17, 15) is 4.79 Å². The summed E-state index contributed by atoms with van der Waals surface area (Å²) in [7, 11) is 0. The van der Waals surface area contributed by atoms with Crippen LogP contribution >= 0.6 is 0 Å². The van der Waals surface area contributed by atoms with Gasteiger partial charge in [0.05, 0.1) is 11.3 Å². The molecule has 3 aromatic rings. The molecule has 27 heavy (non-hydrogen) atoms. The highest BCUT2D eigenvalue weighted by Crippen LogP contribution is 2.23. The Morgan fingerprint density at radius 2 is 1.70 bits per heavy atom. The summed E-state index contributed by atoms with van der Waals surface area (Å²) in [5.74, 6) is 0.0265. The second kappa shape index (κ2) is 8.45. The number of aromatic nitrogens is 2. The van der Waals surface area contributed by atoms with Gasteiger partial charge in [-0.1, -0.05) is 69.3 Å². The molecule has 5 nitrogen and oxygen atoms in total. The number of hydrazone groups is 1. The molecule has 0 saturated heterocycles. The van der Waals surface area contributed by atoms with Gasteiger partial charge in [-0.05, 0) is 24.5 Å².